The number of carboxylic acid groups (broad SMARTS) is 1. The average Bonchev–Trinajstić information content (AvgIpc) is 3.64. The Hall–Kier alpha value is -3.27. The number of hydrogen-bond acceptors (Lipinski definition) is 7. The molecule has 0 aliphatic heterocycles. The van der Waals surface area contributed by atoms with Crippen molar-refractivity contribution in [1.29, 1.82) is 0 Å². The lowest BCUT2D eigenvalue weighted by Crippen LogP contribution is -2.40. The highest BCUT2D eigenvalue weighted by Gasteiger charge is 2.25. The number of unbranched alkanes of at least 4 members (excludes halogenated alkanes) is 41. The number of allylic oxidation sites excluding steroid dienone is 12. The topological polar surface area (TPSA) is 108 Å². The summed E-state index contributed by atoms with van der Waals surface area (Å²) in [5, 5.41) is 9.74. The van der Waals surface area contributed by atoms with E-state index in [0.29, 0.717) is 23.9 Å². The van der Waals surface area contributed by atoms with Crippen LogP contribution in [0.5, 0.6) is 0 Å². The van der Waals surface area contributed by atoms with Gasteiger partial charge in [-0.05, 0) is 64.2 Å². The van der Waals surface area contributed by atoms with Crippen LogP contribution in [-0.4, -0.2) is 87.4 Å². The molecule has 2 unspecified atom stereocenters. The van der Waals surface area contributed by atoms with Crippen LogP contribution < -0.4 is 0 Å². The maximum Gasteiger partial charge on any atom is 0.361 e. The molecule has 86 heavy (non-hydrogen) atoms. The third kappa shape index (κ3) is 68.2. The molecule has 0 heterocycles. The van der Waals surface area contributed by atoms with E-state index in [1.54, 1.807) is 0 Å². The molecule has 0 aromatic rings. The Morgan fingerprint density at radius 3 is 0.988 bits per heavy atom. The van der Waals surface area contributed by atoms with Crippen LogP contribution in [0.1, 0.15) is 341 Å². The summed E-state index contributed by atoms with van der Waals surface area (Å²) in [6.07, 6.45) is 87.7. The minimum Gasteiger partial charge on any atom is -0.477 e. The van der Waals surface area contributed by atoms with Crippen LogP contribution in [-0.2, 0) is 33.3 Å². The molecule has 9 heteroatoms. The summed E-state index contributed by atoms with van der Waals surface area (Å²) >= 11 is 0. The summed E-state index contributed by atoms with van der Waals surface area (Å²) < 4.78 is 22.9. The molecule has 0 amide bonds. The highest BCUT2D eigenvalue weighted by molar-refractivity contribution is 5.71. The molecule has 0 spiro atoms. The summed E-state index contributed by atoms with van der Waals surface area (Å²) in [5.41, 5.74) is 0. The van der Waals surface area contributed by atoms with Gasteiger partial charge in [0.1, 0.15) is 13.2 Å². The molecule has 0 aromatic carbocycles. The summed E-state index contributed by atoms with van der Waals surface area (Å²) in [6.45, 7) is 4.77. The normalized spacial score (nSPS) is 13.1. The molecule has 0 saturated heterocycles. The molecule has 0 saturated carbocycles. The van der Waals surface area contributed by atoms with Crippen molar-refractivity contribution in [3.8, 4) is 0 Å². The van der Waals surface area contributed by atoms with E-state index in [4.69, 9.17) is 18.9 Å². The molecular formula is C77H140NO8+. The molecule has 500 valence electrons. The summed E-state index contributed by atoms with van der Waals surface area (Å²) in [6, 6.07) is 0. The van der Waals surface area contributed by atoms with Gasteiger partial charge in [-0.2, -0.15) is 0 Å². The lowest BCUT2D eigenvalue weighted by molar-refractivity contribution is -0.870. The van der Waals surface area contributed by atoms with Crippen molar-refractivity contribution in [2.24, 2.45) is 0 Å². The molecule has 0 fully saturated rings. The molecule has 0 rings (SSSR count). The van der Waals surface area contributed by atoms with Gasteiger partial charge in [-0.3, -0.25) is 9.59 Å². The van der Waals surface area contributed by atoms with E-state index in [0.717, 1.165) is 83.5 Å². The van der Waals surface area contributed by atoms with Crippen molar-refractivity contribution in [2.75, 3.05) is 47.5 Å². The zero-order valence-electron chi connectivity index (χ0n) is 57.2. The van der Waals surface area contributed by atoms with E-state index < -0.39 is 24.3 Å². The predicted molar refractivity (Wildman–Crippen MR) is 369 cm³/mol. The fourth-order valence-corrected chi connectivity index (χ4v) is 10.7. The summed E-state index contributed by atoms with van der Waals surface area (Å²) in [7, 11) is 5.97. The lowest BCUT2D eigenvalue weighted by Gasteiger charge is -2.25. The third-order valence-corrected chi connectivity index (χ3v) is 16.2. The molecular weight excluding hydrogens is 1070 g/mol. The number of likely N-dealkylation sites (N-methyl/N-ethyl adjacent to an activating group) is 1. The van der Waals surface area contributed by atoms with E-state index in [9.17, 15) is 19.5 Å². The second-order valence-electron chi connectivity index (χ2n) is 25.9. The number of carbonyl (C=O) groups excluding carboxylic acids is 2. The van der Waals surface area contributed by atoms with E-state index >= 15 is 0 Å². The highest BCUT2D eigenvalue weighted by Crippen LogP contribution is 2.19. The largest absolute Gasteiger partial charge is 0.477 e. The van der Waals surface area contributed by atoms with E-state index in [1.165, 1.54) is 225 Å². The smallest absolute Gasteiger partial charge is 0.361 e. The third-order valence-electron chi connectivity index (χ3n) is 16.2. The van der Waals surface area contributed by atoms with Crippen molar-refractivity contribution in [2.45, 2.75) is 354 Å². The maximum absolute atomic E-state index is 12.9. The van der Waals surface area contributed by atoms with E-state index in [-0.39, 0.29) is 32.2 Å². The van der Waals surface area contributed by atoms with Crippen LogP contribution in [0.15, 0.2) is 72.9 Å². The molecule has 0 radical (unpaired) electrons. The molecule has 1 N–H and O–H groups in total. The second-order valence-corrected chi connectivity index (χ2v) is 25.9. The van der Waals surface area contributed by atoms with E-state index in [1.807, 2.05) is 21.1 Å². The van der Waals surface area contributed by atoms with Gasteiger partial charge >= 0.3 is 17.9 Å². The first kappa shape index (κ1) is 82.7. The standard InChI is InChI=1S/C77H139NO8/c1-6-8-10-12-14-16-18-20-22-24-26-28-30-31-32-33-34-35-36-37-38-39-40-41-42-43-44-46-47-49-51-53-55-57-59-61-63-65-67-74(79)84-71-73(72-85-77(76(81)82)83-70-69-78(3,4)5)86-75(80)68-66-64-62-60-58-56-54-52-50-48-45-29-27-25-23-21-19-17-15-13-11-9-7-2/h9,11,15,17,21,23,27,29,48,50,54,56,73,77H,6-8,10,12-14,16,18-20,22,24-26,28,30-47,49,51-53,55,57-72H2,1-5H3/p+1/b11-9-,17-15-,23-21-,29-27-,50-48-,56-54-. The number of aliphatic carboxylic acids is 1. The number of ether oxygens (including phenoxy) is 4. The number of carboxylic acids is 1. The van der Waals surface area contributed by atoms with Gasteiger partial charge in [-0.15, -0.1) is 0 Å². The minimum atomic E-state index is -1.52. The zero-order chi connectivity index (χ0) is 62.6. The Morgan fingerprint density at radius 1 is 0.360 bits per heavy atom. The average molecular weight is 1210 g/mol. The highest BCUT2D eigenvalue weighted by atomic mass is 16.7. The molecule has 0 aliphatic carbocycles. The minimum absolute atomic E-state index is 0.180. The summed E-state index contributed by atoms with van der Waals surface area (Å²) in [5.74, 6) is -2.03. The number of carbonyl (C=O) groups is 3. The molecule has 2 atom stereocenters. The monoisotopic (exact) mass is 1210 g/mol. The summed E-state index contributed by atoms with van der Waals surface area (Å²) in [4.78, 5) is 37.6. The van der Waals surface area contributed by atoms with Crippen LogP contribution in [0.4, 0.5) is 0 Å². The first-order chi connectivity index (χ1) is 42.1. The number of esters is 2. The van der Waals surface area contributed by atoms with Crippen LogP contribution in [0.3, 0.4) is 0 Å². The Kier molecular flexibility index (Phi) is 65.1. The van der Waals surface area contributed by atoms with Crippen molar-refractivity contribution in [3.63, 3.8) is 0 Å². The first-order valence-corrected chi connectivity index (χ1v) is 36.6. The SMILES string of the molecule is CC/C=C\C/C=C\C/C=C\C/C=C\C/C=C\C/C=C\CCCCCCC(=O)OC(COC(=O)CCCCCCCCCCCCCCCCCCCCCCCCCCCCCCCCCCCCCCCC)COC(OCC[N+](C)(C)C)C(=O)O. The van der Waals surface area contributed by atoms with Gasteiger partial charge in [-0.25, -0.2) is 4.79 Å². The predicted octanol–water partition coefficient (Wildman–Crippen LogP) is 22.9. The number of hydrogen-bond donors (Lipinski definition) is 1. The Bertz CT molecular complexity index is 1640. The van der Waals surface area contributed by atoms with Crippen LogP contribution in [0.25, 0.3) is 0 Å². The van der Waals surface area contributed by atoms with E-state index in [2.05, 4.69) is 86.8 Å². The number of rotatable bonds is 68. The maximum atomic E-state index is 12.9. The molecule has 0 bridgehead atoms. The van der Waals surface area contributed by atoms with Crippen LogP contribution in [0, 0.1) is 0 Å². The fourth-order valence-electron chi connectivity index (χ4n) is 10.7. The fraction of sp³-hybridized carbons (Fsp3) is 0.805. The molecule has 0 aromatic heterocycles. The van der Waals surface area contributed by atoms with Crippen molar-refractivity contribution in [1.82, 2.24) is 0 Å². The quantitative estimate of drug-likeness (QED) is 0.0211. The van der Waals surface area contributed by atoms with Gasteiger partial charge in [0.05, 0.1) is 34.4 Å². The molecule has 0 aliphatic rings. The van der Waals surface area contributed by atoms with Gasteiger partial charge in [0.15, 0.2) is 6.10 Å². The van der Waals surface area contributed by atoms with Crippen molar-refractivity contribution in [3.05, 3.63) is 72.9 Å². The van der Waals surface area contributed by atoms with Gasteiger partial charge in [0.2, 0.25) is 0 Å². The Morgan fingerprint density at radius 2 is 0.663 bits per heavy atom. The molecule has 9 nitrogen and oxygen atoms in total. The van der Waals surface area contributed by atoms with Gasteiger partial charge in [0, 0.05) is 12.8 Å². The van der Waals surface area contributed by atoms with Crippen LogP contribution in [0.2, 0.25) is 0 Å². The lowest BCUT2D eigenvalue weighted by atomic mass is 10.0. The van der Waals surface area contributed by atoms with Gasteiger partial charge in [0.25, 0.3) is 6.29 Å². The van der Waals surface area contributed by atoms with Crippen molar-refractivity contribution >= 4 is 17.9 Å². The second kappa shape index (κ2) is 67.7. The Balaban J connectivity index is 4.01. The van der Waals surface area contributed by atoms with Gasteiger partial charge in [-0.1, -0.05) is 337 Å². The number of nitrogens with zero attached hydrogens (tertiary/aromatic N) is 1. The zero-order valence-corrected chi connectivity index (χ0v) is 57.2. The number of quaternary nitrogens is 1. The van der Waals surface area contributed by atoms with Gasteiger partial charge < -0.3 is 28.5 Å². The van der Waals surface area contributed by atoms with Crippen LogP contribution >= 0.6 is 0 Å². The first-order valence-electron chi connectivity index (χ1n) is 36.6. The Labute approximate surface area is 532 Å². The van der Waals surface area contributed by atoms with Crippen molar-refractivity contribution < 1.29 is 42.9 Å².